The van der Waals surface area contributed by atoms with Gasteiger partial charge in [0.05, 0.1) is 0 Å². The zero-order chi connectivity index (χ0) is 13.9. The van der Waals surface area contributed by atoms with Crippen LogP contribution in [0, 0.1) is 0 Å². The van der Waals surface area contributed by atoms with Crippen molar-refractivity contribution >= 4 is 17.4 Å². The third-order valence-electron chi connectivity index (χ3n) is 2.49. The molecule has 1 aromatic heterocycles. The molecule has 0 aliphatic carbocycles. The molecule has 0 fully saturated rings. The van der Waals surface area contributed by atoms with Crippen LogP contribution in [0.25, 0.3) is 0 Å². The van der Waals surface area contributed by atoms with Crippen molar-refractivity contribution in [3.63, 3.8) is 0 Å². The summed E-state index contributed by atoms with van der Waals surface area (Å²) < 4.78 is 39.2. The molecular weight excluding hydrogens is 273 g/mol. The zero-order valence-corrected chi connectivity index (χ0v) is 11.1. The van der Waals surface area contributed by atoms with Gasteiger partial charge >= 0.3 is 5.51 Å². The van der Waals surface area contributed by atoms with Gasteiger partial charge in [-0.3, -0.25) is 0 Å². The molecule has 0 spiro atoms. The van der Waals surface area contributed by atoms with Crippen LogP contribution in [-0.2, 0) is 13.6 Å². The highest BCUT2D eigenvalue weighted by Gasteiger charge is 2.30. The Morgan fingerprint density at radius 3 is 2.58 bits per heavy atom. The van der Waals surface area contributed by atoms with Crippen LogP contribution < -0.4 is 5.32 Å². The minimum atomic E-state index is -4.27. The Balaban J connectivity index is 2.07. The molecule has 0 radical (unpaired) electrons. The SMILES string of the molecule is Cn1ccc(CNc2ccccc2SC(F)(F)F)c1. The van der Waals surface area contributed by atoms with E-state index in [4.69, 9.17) is 0 Å². The number of nitrogens with one attached hydrogen (secondary N) is 1. The van der Waals surface area contributed by atoms with E-state index >= 15 is 0 Å². The quantitative estimate of drug-likeness (QED) is 0.846. The zero-order valence-electron chi connectivity index (χ0n) is 10.2. The van der Waals surface area contributed by atoms with Gasteiger partial charge in [-0.1, -0.05) is 12.1 Å². The van der Waals surface area contributed by atoms with Gasteiger partial charge in [-0.25, -0.2) is 0 Å². The minimum absolute atomic E-state index is 0.1000. The normalized spacial score (nSPS) is 11.6. The van der Waals surface area contributed by atoms with E-state index in [0.717, 1.165) is 5.56 Å². The maximum Gasteiger partial charge on any atom is 0.446 e. The fraction of sp³-hybridized carbons (Fsp3) is 0.231. The molecule has 0 aliphatic heterocycles. The molecule has 0 unspecified atom stereocenters. The summed E-state index contributed by atoms with van der Waals surface area (Å²) in [5, 5.41) is 3.03. The van der Waals surface area contributed by atoms with Crippen molar-refractivity contribution in [2.75, 3.05) is 5.32 Å². The molecule has 19 heavy (non-hydrogen) atoms. The average molecular weight is 286 g/mol. The van der Waals surface area contributed by atoms with Crippen molar-refractivity contribution in [1.82, 2.24) is 4.57 Å². The fourth-order valence-electron chi connectivity index (χ4n) is 1.69. The first-order valence-electron chi connectivity index (χ1n) is 5.63. The van der Waals surface area contributed by atoms with Crippen molar-refractivity contribution < 1.29 is 13.2 Å². The number of hydrogen-bond donors (Lipinski definition) is 1. The molecule has 2 aromatic rings. The van der Waals surface area contributed by atoms with Crippen LogP contribution in [0.4, 0.5) is 18.9 Å². The van der Waals surface area contributed by atoms with Gasteiger partial charge in [0.15, 0.2) is 0 Å². The Morgan fingerprint density at radius 1 is 1.21 bits per heavy atom. The molecule has 102 valence electrons. The van der Waals surface area contributed by atoms with Crippen LogP contribution in [0.2, 0.25) is 0 Å². The number of anilines is 1. The summed E-state index contributed by atoms with van der Waals surface area (Å²) in [4.78, 5) is 0.186. The molecule has 0 amide bonds. The molecule has 0 saturated carbocycles. The number of aryl methyl sites for hydroxylation is 1. The number of thioether (sulfide) groups is 1. The van der Waals surface area contributed by atoms with Crippen molar-refractivity contribution in [3.8, 4) is 0 Å². The maximum absolute atomic E-state index is 12.4. The Kier molecular flexibility index (Phi) is 4.09. The Hall–Kier alpha value is -1.56. The lowest BCUT2D eigenvalue weighted by Crippen LogP contribution is -2.03. The first-order valence-corrected chi connectivity index (χ1v) is 6.45. The van der Waals surface area contributed by atoms with E-state index in [9.17, 15) is 13.2 Å². The third kappa shape index (κ3) is 4.24. The van der Waals surface area contributed by atoms with E-state index in [1.54, 1.807) is 18.2 Å². The topological polar surface area (TPSA) is 17.0 Å². The first-order chi connectivity index (χ1) is 8.94. The van der Waals surface area contributed by atoms with E-state index in [0.29, 0.717) is 12.2 Å². The molecule has 0 bridgehead atoms. The van der Waals surface area contributed by atoms with Gasteiger partial charge in [0.25, 0.3) is 0 Å². The van der Waals surface area contributed by atoms with Gasteiger partial charge in [0, 0.05) is 36.6 Å². The predicted octanol–water partition coefficient (Wildman–Crippen LogP) is 4.25. The highest BCUT2D eigenvalue weighted by atomic mass is 32.2. The van der Waals surface area contributed by atoms with Crippen LogP contribution >= 0.6 is 11.8 Å². The average Bonchev–Trinajstić information content (AvgIpc) is 2.72. The van der Waals surface area contributed by atoms with Crippen LogP contribution in [0.15, 0.2) is 47.6 Å². The molecule has 2 rings (SSSR count). The molecule has 6 heteroatoms. The number of para-hydroxylation sites is 1. The summed E-state index contributed by atoms with van der Waals surface area (Å²) in [6.07, 6.45) is 3.82. The Labute approximate surface area is 113 Å². The monoisotopic (exact) mass is 286 g/mol. The third-order valence-corrected chi connectivity index (χ3v) is 3.30. The van der Waals surface area contributed by atoms with Gasteiger partial charge in [0.1, 0.15) is 0 Å². The van der Waals surface area contributed by atoms with E-state index < -0.39 is 5.51 Å². The summed E-state index contributed by atoms with van der Waals surface area (Å²) >= 11 is -0.1000. The number of aromatic nitrogens is 1. The number of hydrogen-bond acceptors (Lipinski definition) is 2. The minimum Gasteiger partial charge on any atom is -0.380 e. The summed E-state index contributed by atoms with van der Waals surface area (Å²) in [7, 11) is 1.90. The Bertz CT molecular complexity index is 549. The number of nitrogens with zero attached hydrogens (tertiary/aromatic N) is 1. The molecule has 2 nitrogen and oxygen atoms in total. The second-order valence-electron chi connectivity index (χ2n) is 4.08. The summed E-state index contributed by atoms with van der Waals surface area (Å²) in [5.74, 6) is 0. The van der Waals surface area contributed by atoms with E-state index in [2.05, 4.69) is 5.32 Å². The molecule has 1 aromatic carbocycles. The van der Waals surface area contributed by atoms with Crippen LogP contribution in [0.1, 0.15) is 5.56 Å². The molecule has 0 atom stereocenters. The molecule has 0 aliphatic rings. The summed E-state index contributed by atoms with van der Waals surface area (Å²) in [6, 6.07) is 8.35. The molecule has 1 N–H and O–H groups in total. The molecule has 0 saturated heterocycles. The number of alkyl halides is 3. The number of rotatable bonds is 4. The van der Waals surface area contributed by atoms with Crippen LogP contribution in [0.3, 0.4) is 0 Å². The van der Waals surface area contributed by atoms with Gasteiger partial charge in [-0.15, -0.1) is 0 Å². The lowest BCUT2D eigenvalue weighted by molar-refractivity contribution is -0.0327. The largest absolute Gasteiger partial charge is 0.446 e. The second kappa shape index (κ2) is 5.61. The van der Waals surface area contributed by atoms with Gasteiger partial charge < -0.3 is 9.88 Å². The number of benzene rings is 1. The van der Waals surface area contributed by atoms with Crippen molar-refractivity contribution in [3.05, 3.63) is 48.3 Å². The van der Waals surface area contributed by atoms with Crippen LogP contribution in [0.5, 0.6) is 0 Å². The van der Waals surface area contributed by atoms with E-state index in [1.807, 2.05) is 30.1 Å². The van der Waals surface area contributed by atoms with Crippen molar-refractivity contribution in [2.24, 2.45) is 7.05 Å². The van der Waals surface area contributed by atoms with Crippen molar-refractivity contribution in [2.45, 2.75) is 16.9 Å². The second-order valence-corrected chi connectivity index (χ2v) is 5.19. The highest BCUT2D eigenvalue weighted by molar-refractivity contribution is 8.00. The predicted molar refractivity (Wildman–Crippen MR) is 71.1 cm³/mol. The molecule has 1 heterocycles. The van der Waals surface area contributed by atoms with Gasteiger partial charge in [-0.05, 0) is 35.5 Å². The first kappa shape index (κ1) is 13.9. The van der Waals surface area contributed by atoms with Crippen LogP contribution in [-0.4, -0.2) is 10.1 Å². The van der Waals surface area contributed by atoms with Gasteiger partial charge in [-0.2, -0.15) is 13.2 Å². The maximum atomic E-state index is 12.4. The fourth-order valence-corrected chi connectivity index (χ4v) is 2.34. The van der Waals surface area contributed by atoms with Gasteiger partial charge in [0.2, 0.25) is 0 Å². The van der Waals surface area contributed by atoms with E-state index in [1.165, 1.54) is 6.07 Å². The lowest BCUT2D eigenvalue weighted by Gasteiger charge is -2.12. The molecular formula is C13H13F3N2S. The summed E-state index contributed by atoms with van der Waals surface area (Å²) in [5.41, 5.74) is -2.76. The smallest absolute Gasteiger partial charge is 0.380 e. The Morgan fingerprint density at radius 2 is 1.95 bits per heavy atom. The number of halogens is 3. The van der Waals surface area contributed by atoms with E-state index in [-0.39, 0.29) is 16.7 Å². The highest BCUT2D eigenvalue weighted by Crippen LogP contribution is 2.40. The summed E-state index contributed by atoms with van der Waals surface area (Å²) in [6.45, 7) is 0.496. The lowest BCUT2D eigenvalue weighted by atomic mass is 10.3. The van der Waals surface area contributed by atoms with Crippen molar-refractivity contribution in [1.29, 1.82) is 0 Å². The standard InChI is InChI=1S/C13H13F3N2S/c1-18-7-6-10(9-18)8-17-11-4-2-3-5-12(11)19-13(14,15)16/h2-7,9,17H,8H2,1H3.